The summed E-state index contributed by atoms with van der Waals surface area (Å²) in [4.78, 5) is 17.1. The van der Waals surface area contributed by atoms with Crippen LogP contribution in [0.25, 0.3) is 0 Å². The second-order valence-electron chi connectivity index (χ2n) is 7.84. The first kappa shape index (κ1) is 23.6. The van der Waals surface area contributed by atoms with Crippen LogP contribution in [0.4, 0.5) is 15.8 Å². The number of carbonyl (C=O) groups excluding carboxylic acids is 1. The second-order valence-corrected chi connectivity index (χ2v) is 9.70. The van der Waals surface area contributed by atoms with E-state index < -0.39 is 15.8 Å². The molecule has 0 atom stereocenters. The number of para-hydroxylation sites is 2. The Labute approximate surface area is 199 Å². The van der Waals surface area contributed by atoms with E-state index in [1.807, 2.05) is 24.3 Å². The summed E-state index contributed by atoms with van der Waals surface area (Å²) in [5.41, 5.74) is 1.18. The van der Waals surface area contributed by atoms with E-state index in [0.717, 1.165) is 15.7 Å². The molecule has 0 bridgehead atoms. The van der Waals surface area contributed by atoms with Gasteiger partial charge in [0.25, 0.3) is 10.0 Å². The van der Waals surface area contributed by atoms with E-state index in [4.69, 9.17) is 4.74 Å². The van der Waals surface area contributed by atoms with Crippen LogP contribution in [0, 0.1) is 5.82 Å². The van der Waals surface area contributed by atoms with Crippen molar-refractivity contribution in [2.24, 2.45) is 0 Å². The number of hydrogen-bond acceptors (Lipinski definition) is 5. The predicted octanol–water partition coefficient (Wildman–Crippen LogP) is 3.38. The molecule has 178 valence electrons. The number of halogens is 1. The molecule has 9 heteroatoms. The lowest BCUT2D eigenvalue weighted by molar-refractivity contribution is -0.129. The predicted molar refractivity (Wildman–Crippen MR) is 129 cm³/mol. The van der Waals surface area contributed by atoms with Gasteiger partial charge in [0.2, 0.25) is 5.91 Å². The van der Waals surface area contributed by atoms with Crippen LogP contribution in [0.15, 0.2) is 83.8 Å². The molecule has 1 heterocycles. The van der Waals surface area contributed by atoms with Gasteiger partial charge in [-0.15, -0.1) is 0 Å². The van der Waals surface area contributed by atoms with Crippen molar-refractivity contribution >= 4 is 27.3 Å². The molecular formula is C25H26FN3O4S. The van der Waals surface area contributed by atoms with Crippen LogP contribution < -0.4 is 13.9 Å². The van der Waals surface area contributed by atoms with Crippen LogP contribution in [0.1, 0.15) is 0 Å². The maximum atomic E-state index is 13.5. The van der Waals surface area contributed by atoms with Crippen molar-refractivity contribution in [2.75, 3.05) is 49.0 Å². The zero-order chi connectivity index (χ0) is 24.1. The highest BCUT2D eigenvalue weighted by molar-refractivity contribution is 7.92. The summed E-state index contributed by atoms with van der Waals surface area (Å²) in [6.07, 6.45) is 0. The molecule has 0 spiro atoms. The molecule has 0 aromatic heterocycles. The van der Waals surface area contributed by atoms with E-state index in [-0.39, 0.29) is 23.0 Å². The van der Waals surface area contributed by atoms with E-state index in [2.05, 4.69) is 4.90 Å². The number of nitrogens with zero attached hydrogens (tertiary/aromatic N) is 3. The van der Waals surface area contributed by atoms with Crippen LogP contribution in [-0.4, -0.2) is 59.1 Å². The Morgan fingerprint density at radius 1 is 0.912 bits per heavy atom. The largest absolute Gasteiger partial charge is 0.495 e. The molecule has 34 heavy (non-hydrogen) atoms. The monoisotopic (exact) mass is 483 g/mol. The Balaban J connectivity index is 1.52. The van der Waals surface area contributed by atoms with Crippen LogP contribution >= 0.6 is 0 Å². The van der Waals surface area contributed by atoms with Gasteiger partial charge in [-0.1, -0.05) is 30.3 Å². The van der Waals surface area contributed by atoms with Crippen molar-refractivity contribution in [1.29, 1.82) is 0 Å². The number of carbonyl (C=O) groups is 1. The van der Waals surface area contributed by atoms with Crippen molar-refractivity contribution in [2.45, 2.75) is 4.90 Å². The summed E-state index contributed by atoms with van der Waals surface area (Å²) in [5.74, 6) is -0.0400. The zero-order valence-electron chi connectivity index (χ0n) is 18.8. The third kappa shape index (κ3) is 4.99. The standard InChI is InChI=1S/C25H26FN3O4S/c1-33-24-10-6-5-9-23(24)27-15-17-28(18-16-27)25(30)19-29(21-13-11-20(26)12-14-21)34(31,32)22-7-3-2-4-8-22/h2-14H,15-19H2,1H3. The van der Waals surface area contributed by atoms with Crippen LogP contribution in [0.5, 0.6) is 5.75 Å². The number of anilines is 2. The molecular weight excluding hydrogens is 457 g/mol. The van der Waals surface area contributed by atoms with Gasteiger partial charge in [0, 0.05) is 26.2 Å². The SMILES string of the molecule is COc1ccccc1N1CCN(C(=O)CN(c2ccc(F)cc2)S(=O)(=O)c2ccccc2)CC1. The Kier molecular flexibility index (Phi) is 7.02. The van der Waals surface area contributed by atoms with E-state index in [1.54, 1.807) is 30.2 Å². The van der Waals surface area contributed by atoms with Gasteiger partial charge in [0.15, 0.2) is 0 Å². The highest BCUT2D eigenvalue weighted by Gasteiger charge is 2.30. The first-order chi connectivity index (χ1) is 16.4. The quantitative estimate of drug-likeness (QED) is 0.515. The molecule has 3 aromatic carbocycles. The van der Waals surface area contributed by atoms with E-state index >= 15 is 0 Å². The van der Waals surface area contributed by atoms with Gasteiger partial charge in [0.05, 0.1) is 23.4 Å². The maximum Gasteiger partial charge on any atom is 0.264 e. The molecule has 1 fully saturated rings. The fourth-order valence-electron chi connectivity index (χ4n) is 3.95. The van der Waals surface area contributed by atoms with Crippen molar-refractivity contribution in [3.63, 3.8) is 0 Å². The minimum absolute atomic E-state index is 0.0631. The third-order valence-corrected chi connectivity index (χ3v) is 7.57. The number of amides is 1. The highest BCUT2D eigenvalue weighted by Crippen LogP contribution is 2.29. The van der Waals surface area contributed by atoms with Gasteiger partial charge in [0.1, 0.15) is 18.1 Å². The molecule has 0 saturated carbocycles. The first-order valence-electron chi connectivity index (χ1n) is 10.9. The van der Waals surface area contributed by atoms with Crippen molar-refractivity contribution < 1.29 is 22.3 Å². The Hall–Kier alpha value is -3.59. The normalized spacial score (nSPS) is 14.1. The van der Waals surface area contributed by atoms with E-state index in [1.165, 1.54) is 36.4 Å². The summed E-state index contributed by atoms with van der Waals surface area (Å²) >= 11 is 0. The first-order valence-corrected chi connectivity index (χ1v) is 12.3. The van der Waals surface area contributed by atoms with Crippen LogP contribution in [0.2, 0.25) is 0 Å². The Morgan fingerprint density at radius 2 is 1.53 bits per heavy atom. The number of hydrogen-bond donors (Lipinski definition) is 0. The Morgan fingerprint density at radius 3 is 2.18 bits per heavy atom. The van der Waals surface area contributed by atoms with Gasteiger partial charge < -0.3 is 14.5 Å². The lowest BCUT2D eigenvalue weighted by Crippen LogP contribution is -2.52. The van der Waals surface area contributed by atoms with E-state index in [0.29, 0.717) is 26.2 Å². The van der Waals surface area contributed by atoms with Gasteiger partial charge in [-0.25, -0.2) is 12.8 Å². The number of sulfonamides is 1. The molecule has 1 saturated heterocycles. The summed E-state index contributed by atoms with van der Waals surface area (Å²) < 4.78 is 46.7. The highest BCUT2D eigenvalue weighted by atomic mass is 32.2. The second kappa shape index (κ2) is 10.1. The average Bonchev–Trinajstić information content (AvgIpc) is 2.88. The smallest absolute Gasteiger partial charge is 0.264 e. The lowest BCUT2D eigenvalue weighted by atomic mass is 10.2. The maximum absolute atomic E-state index is 13.5. The molecule has 0 unspecified atom stereocenters. The van der Waals surface area contributed by atoms with Gasteiger partial charge >= 0.3 is 0 Å². The molecule has 0 aliphatic carbocycles. The molecule has 1 aliphatic heterocycles. The molecule has 3 aromatic rings. The van der Waals surface area contributed by atoms with Crippen LogP contribution in [0.3, 0.4) is 0 Å². The number of benzene rings is 3. The summed E-state index contributed by atoms with van der Waals surface area (Å²) in [6.45, 7) is 1.69. The zero-order valence-corrected chi connectivity index (χ0v) is 19.6. The molecule has 4 rings (SSSR count). The minimum Gasteiger partial charge on any atom is -0.495 e. The van der Waals surface area contributed by atoms with Crippen molar-refractivity contribution in [3.05, 3.63) is 84.7 Å². The lowest BCUT2D eigenvalue weighted by Gasteiger charge is -2.37. The molecule has 0 radical (unpaired) electrons. The van der Waals surface area contributed by atoms with Gasteiger partial charge in [-0.05, 0) is 48.5 Å². The number of ether oxygens (including phenoxy) is 1. The number of methoxy groups -OCH3 is 1. The van der Waals surface area contributed by atoms with E-state index in [9.17, 15) is 17.6 Å². The fourth-order valence-corrected chi connectivity index (χ4v) is 5.39. The Bertz CT molecular complexity index is 1230. The summed E-state index contributed by atoms with van der Waals surface area (Å²) in [5, 5.41) is 0. The van der Waals surface area contributed by atoms with Gasteiger partial charge in [-0.2, -0.15) is 0 Å². The molecule has 0 N–H and O–H groups in total. The fraction of sp³-hybridized carbons (Fsp3) is 0.240. The number of rotatable bonds is 7. The summed E-state index contributed by atoms with van der Waals surface area (Å²) in [7, 11) is -2.41. The number of piperazine rings is 1. The minimum atomic E-state index is -4.03. The molecule has 1 amide bonds. The summed E-state index contributed by atoms with van der Waals surface area (Å²) in [6, 6.07) is 20.7. The van der Waals surface area contributed by atoms with Crippen molar-refractivity contribution in [1.82, 2.24) is 4.90 Å². The van der Waals surface area contributed by atoms with Crippen molar-refractivity contribution in [3.8, 4) is 5.75 Å². The topological polar surface area (TPSA) is 70.2 Å². The molecule has 1 aliphatic rings. The van der Waals surface area contributed by atoms with Crippen LogP contribution in [-0.2, 0) is 14.8 Å². The average molecular weight is 484 g/mol. The molecule has 7 nitrogen and oxygen atoms in total. The van der Waals surface area contributed by atoms with Gasteiger partial charge in [-0.3, -0.25) is 9.10 Å². The third-order valence-electron chi connectivity index (χ3n) is 5.78.